The summed E-state index contributed by atoms with van der Waals surface area (Å²) in [4.78, 5) is 38.9. The first-order valence-corrected chi connectivity index (χ1v) is 10.6. The number of hydrogen-bond donors (Lipinski definition) is 1. The quantitative estimate of drug-likeness (QED) is 0.357. The van der Waals surface area contributed by atoms with Gasteiger partial charge in [-0.15, -0.1) is 11.3 Å². The minimum Gasteiger partial charge on any atom is -0.298 e. The summed E-state index contributed by atoms with van der Waals surface area (Å²) in [7, 11) is 0. The fourth-order valence-electron chi connectivity index (χ4n) is 3.01. The molecule has 3 aromatic rings. The van der Waals surface area contributed by atoms with Gasteiger partial charge in [-0.3, -0.25) is 30.3 Å². The van der Waals surface area contributed by atoms with Crippen LogP contribution >= 0.6 is 22.9 Å². The molecule has 1 amide bonds. The Hall–Kier alpha value is -3.37. The van der Waals surface area contributed by atoms with E-state index in [0.717, 1.165) is 34.3 Å². The molecule has 9 nitrogen and oxygen atoms in total. The molecule has 1 heterocycles. The first kappa shape index (κ1) is 23.3. The van der Waals surface area contributed by atoms with E-state index >= 15 is 0 Å². The van der Waals surface area contributed by atoms with Gasteiger partial charge in [-0.2, -0.15) is 0 Å². The van der Waals surface area contributed by atoms with E-state index in [1.165, 1.54) is 11.3 Å². The Morgan fingerprint density at radius 3 is 2.12 bits per heavy atom. The Bertz CT molecular complexity index is 1170. The summed E-state index contributed by atoms with van der Waals surface area (Å²) in [6.07, 6.45) is 0.583. The van der Waals surface area contributed by atoms with Crippen LogP contribution in [0.3, 0.4) is 0 Å². The summed E-state index contributed by atoms with van der Waals surface area (Å²) >= 11 is 7.24. The maximum absolute atomic E-state index is 12.7. The number of halogens is 1. The Labute approximate surface area is 192 Å². The van der Waals surface area contributed by atoms with Crippen molar-refractivity contribution in [2.75, 3.05) is 5.32 Å². The third kappa shape index (κ3) is 5.45. The van der Waals surface area contributed by atoms with Crippen molar-refractivity contribution >= 4 is 45.4 Å². The molecule has 11 heteroatoms. The van der Waals surface area contributed by atoms with Gasteiger partial charge in [-0.1, -0.05) is 44.5 Å². The van der Waals surface area contributed by atoms with E-state index in [2.05, 4.69) is 10.3 Å². The van der Waals surface area contributed by atoms with Crippen molar-refractivity contribution in [3.05, 3.63) is 89.4 Å². The number of nitro benzene ring substituents is 2. The summed E-state index contributed by atoms with van der Waals surface area (Å²) < 4.78 is 0. The van der Waals surface area contributed by atoms with Gasteiger partial charge in [-0.25, -0.2) is 4.98 Å². The Balaban J connectivity index is 1.93. The number of anilines is 1. The molecule has 0 atom stereocenters. The zero-order valence-electron chi connectivity index (χ0n) is 17.4. The van der Waals surface area contributed by atoms with Crippen LogP contribution in [0, 0.1) is 20.2 Å². The third-order valence-electron chi connectivity index (χ3n) is 4.49. The predicted molar refractivity (Wildman–Crippen MR) is 123 cm³/mol. The zero-order chi connectivity index (χ0) is 23.6. The Morgan fingerprint density at radius 1 is 1.06 bits per heavy atom. The van der Waals surface area contributed by atoms with Crippen LogP contribution < -0.4 is 5.32 Å². The molecular weight excluding hydrogens is 456 g/mol. The molecule has 166 valence electrons. The lowest BCUT2D eigenvalue weighted by atomic mass is 9.90. The monoisotopic (exact) mass is 474 g/mol. The van der Waals surface area contributed by atoms with Gasteiger partial charge in [-0.05, 0) is 17.7 Å². The number of benzene rings is 2. The Kier molecular flexibility index (Phi) is 6.56. The van der Waals surface area contributed by atoms with Crippen molar-refractivity contribution in [2.45, 2.75) is 32.6 Å². The van der Waals surface area contributed by atoms with Crippen molar-refractivity contribution < 1.29 is 14.6 Å². The van der Waals surface area contributed by atoms with Gasteiger partial charge in [0.15, 0.2) is 5.13 Å². The van der Waals surface area contributed by atoms with E-state index in [4.69, 9.17) is 11.6 Å². The van der Waals surface area contributed by atoms with Crippen molar-refractivity contribution in [1.82, 2.24) is 4.98 Å². The summed E-state index contributed by atoms with van der Waals surface area (Å²) in [5, 5.41) is 25.7. The third-order valence-corrected chi connectivity index (χ3v) is 5.72. The number of nitrogens with one attached hydrogen (secondary N) is 1. The minimum atomic E-state index is -0.783. The van der Waals surface area contributed by atoms with Crippen LogP contribution in [0.15, 0.2) is 42.5 Å². The number of non-ortho nitro benzene ring substituents is 2. The maximum atomic E-state index is 12.7. The summed E-state index contributed by atoms with van der Waals surface area (Å²) in [6.45, 7) is 6.01. The fraction of sp³-hybridized carbons (Fsp3) is 0.238. The average molecular weight is 475 g/mol. The molecule has 0 aliphatic carbocycles. The summed E-state index contributed by atoms with van der Waals surface area (Å²) in [5.41, 5.74) is 0.252. The molecule has 0 fully saturated rings. The molecule has 0 aliphatic heterocycles. The number of nitro groups is 2. The molecular formula is C21H19ClN4O5S. The fourth-order valence-corrected chi connectivity index (χ4v) is 4.33. The molecule has 1 N–H and O–H groups in total. The standard InChI is InChI=1S/C21H19ClN4O5S/c1-21(2,3)18-17(8-12-4-6-14(22)7-5-12)32-20(23-18)24-19(27)13-9-15(25(28)29)11-16(10-13)26(30)31/h4-7,9-11H,8H2,1-3H3,(H,23,24,27). The van der Waals surface area contributed by atoms with Gasteiger partial charge in [0.25, 0.3) is 17.3 Å². The molecule has 1 aromatic heterocycles. The van der Waals surface area contributed by atoms with Crippen LogP contribution in [0.2, 0.25) is 5.02 Å². The van der Waals surface area contributed by atoms with E-state index in [1.54, 1.807) is 12.1 Å². The molecule has 32 heavy (non-hydrogen) atoms. The van der Waals surface area contributed by atoms with Gasteiger partial charge in [0, 0.05) is 33.9 Å². The molecule has 0 saturated carbocycles. The molecule has 0 radical (unpaired) electrons. The minimum absolute atomic E-state index is 0.197. The summed E-state index contributed by atoms with van der Waals surface area (Å²) in [6, 6.07) is 10.2. The molecule has 2 aromatic carbocycles. The topological polar surface area (TPSA) is 128 Å². The van der Waals surface area contributed by atoms with Crippen LogP contribution in [0.4, 0.5) is 16.5 Å². The molecule has 0 spiro atoms. The number of thiazole rings is 1. The number of carbonyl (C=O) groups excluding carboxylic acids is 1. The highest BCUT2D eigenvalue weighted by Gasteiger charge is 2.25. The predicted octanol–water partition coefficient (Wildman–Crippen LogP) is 5.75. The van der Waals surface area contributed by atoms with Gasteiger partial charge in [0.1, 0.15) is 0 Å². The van der Waals surface area contributed by atoms with E-state index in [-0.39, 0.29) is 11.0 Å². The zero-order valence-corrected chi connectivity index (χ0v) is 19.0. The first-order chi connectivity index (χ1) is 14.9. The van der Waals surface area contributed by atoms with Crippen LogP contribution in [0.5, 0.6) is 0 Å². The number of carbonyl (C=O) groups is 1. The highest BCUT2D eigenvalue weighted by molar-refractivity contribution is 7.16. The van der Waals surface area contributed by atoms with Crippen LogP contribution in [-0.2, 0) is 11.8 Å². The lowest BCUT2D eigenvalue weighted by Gasteiger charge is -2.17. The van der Waals surface area contributed by atoms with Crippen LogP contribution in [0.1, 0.15) is 47.3 Å². The second-order valence-electron chi connectivity index (χ2n) is 8.05. The van der Waals surface area contributed by atoms with Crippen LogP contribution in [-0.4, -0.2) is 20.7 Å². The van der Waals surface area contributed by atoms with Gasteiger partial charge >= 0.3 is 0 Å². The molecule has 0 unspecified atom stereocenters. The SMILES string of the molecule is CC(C)(C)c1nc(NC(=O)c2cc([N+](=O)[O-])cc([N+](=O)[O-])c2)sc1Cc1ccc(Cl)cc1. The number of amides is 1. The number of rotatable bonds is 6. The van der Waals surface area contributed by atoms with Crippen LogP contribution in [0.25, 0.3) is 0 Å². The Morgan fingerprint density at radius 2 is 1.62 bits per heavy atom. The van der Waals surface area contributed by atoms with Crippen molar-refractivity contribution in [2.24, 2.45) is 0 Å². The van der Waals surface area contributed by atoms with Crippen molar-refractivity contribution in [3.8, 4) is 0 Å². The summed E-state index contributed by atoms with van der Waals surface area (Å²) in [5.74, 6) is -0.718. The van der Waals surface area contributed by atoms with Gasteiger partial charge < -0.3 is 0 Å². The lowest BCUT2D eigenvalue weighted by Crippen LogP contribution is -2.15. The normalized spacial score (nSPS) is 11.2. The smallest absolute Gasteiger partial charge is 0.277 e. The highest BCUT2D eigenvalue weighted by atomic mass is 35.5. The highest BCUT2D eigenvalue weighted by Crippen LogP contribution is 2.34. The van der Waals surface area contributed by atoms with E-state index in [1.807, 2.05) is 32.9 Å². The molecule has 0 aliphatic rings. The van der Waals surface area contributed by atoms with Crippen molar-refractivity contribution in [3.63, 3.8) is 0 Å². The number of hydrogen-bond acceptors (Lipinski definition) is 7. The van der Waals surface area contributed by atoms with E-state index in [0.29, 0.717) is 16.6 Å². The largest absolute Gasteiger partial charge is 0.298 e. The van der Waals surface area contributed by atoms with E-state index in [9.17, 15) is 25.0 Å². The first-order valence-electron chi connectivity index (χ1n) is 9.44. The maximum Gasteiger partial charge on any atom is 0.277 e. The average Bonchev–Trinajstić information content (AvgIpc) is 3.11. The number of aromatic nitrogens is 1. The lowest BCUT2D eigenvalue weighted by molar-refractivity contribution is -0.394. The number of nitrogens with zero attached hydrogens (tertiary/aromatic N) is 3. The molecule has 0 bridgehead atoms. The van der Waals surface area contributed by atoms with E-state index < -0.39 is 27.1 Å². The second-order valence-corrected chi connectivity index (χ2v) is 9.57. The molecule has 0 saturated heterocycles. The molecule has 3 rings (SSSR count). The second kappa shape index (κ2) is 9.01. The van der Waals surface area contributed by atoms with Crippen molar-refractivity contribution in [1.29, 1.82) is 0 Å². The van der Waals surface area contributed by atoms with Gasteiger partial charge in [0.05, 0.1) is 27.2 Å². The van der Waals surface area contributed by atoms with Gasteiger partial charge in [0.2, 0.25) is 0 Å².